The Kier molecular flexibility index (Phi) is 3.99. The van der Waals surface area contributed by atoms with E-state index in [9.17, 15) is 4.21 Å². The summed E-state index contributed by atoms with van der Waals surface area (Å²) in [5.74, 6) is 2.09. The van der Waals surface area contributed by atoms with Crippen LogP contribution in [-0.4, -0.2) is 15.2 Å². The second-order valence-electron chi connectivity index (χ2n) is 4.80. The average Bonchev–Trinajstić information content (AvgIpc) is 2.18. The average molecular weight is 217 g/mol. The highest BCUT2D eigenvalue weighted by Gasteiger charge is 2.28. The molecule has 2 nitrogen and oxygen atoms in total. The Bertz CT molecular complexity index is 261. The molecule has 0 aliphatic heterocycles. The largest absolute Gasteiger partial charge is 0.253 e. The molecule has 1 unspecified atom stereocenters. The summed E-state index contributed by atoms with van der Waals surface area (Å²) in [4.78, 5) is 0. The zero-order chi connectivity index (χ0) is 10.8. The van der Waals surface area contributed by atoms with Gasteiger partial charge in [0.2, 0.25) is 0 Å². The smallest absolute Gasteiger partial charge is 0.0467 e. The van der Waals surface area contributed by atoms with Crippen molar-refractivity contribution in [2.24, 2.45) is 11.8 Å². The molecule has 1 atom stereocenters. The van der Waals surface area contributed by atoms with Crippen LogP contribution in [0, 0.1) is 16.6 Å². The third-order valence-corrected chi connectivity index (χ3v) is 6.04. The van der Waals surface area contributed by atoms with E-state index < -0.39 is 9.73 Å². The van der Waals surface area contributed by atoms with Crippen LogP contribution in [0.4, 0.5) is 0 Å². The molecule has 1 rings (SSSR count). The number of nitrogens with one attached hydrogen (secondary N) is 1. The Balaban J connectivity index is 2.52. The highest BCUT2D eigenvalue weighted by molar-refractivity contribution is 7.93. The number of rotatable bonds is 3. The zero-order valence-electron chi connectivity index (χ0n) is 9.58. The minimum absolute atomic E-state index is 0.183. The molecule has 0 spiro atoms. The first-order valence-electron chi connectivity index (χ1n) is 5.72. The Morgan fingerprint density at radius 1 is 1.29 bits per heavy atom. The molecule has 0 radical (unpaired) electrons. The fourth-order valence-corrected chi connectivity index (χ4v) is 3.88. The predicted octanol–water partition coefficient (Wildman–Crippen LogP) is 3.27. The molecule has 84 valence electrons. The van der Waals surface area contributed by atoms with Crippen LogP contribution in [0.3, 0.4) is 0 Å². The summed E-state index contributed by atoms with van der Waals surface area (Å²) >= 11 is 0. The van der Waals surface area contributed by atoms with Crippen LogP contribution in [0.25, 0.3) is 0 Å². The van der Waals surface area contributed by atoms with Gasteiger partial charge in [-0.1, -0.05) is 20.8 Å². The van der Waals surface area contributed by atoms with E-state index in [-0.39, 0.29) is 5.25 Å². The van der Waals surface area contributed by atoms with Crippen molar-refractivity contribution in [3.05, 3.63) is 0 Å². The van der Waals surface area contributed by atoms with E-state index in [1.807, 2.05) is 6.92 Å². The molecule has 0 aromatic rings. The standard InChI is InChI=1S/C11H23NOS/c1-4-14(12,13)11-7-5-10(6-8-11)9(2)3/h9-12H,4-8H2,1-3H3. The number of hydrogen-bond acceptors (Lipinski definition) is 2. The Hall–Kier alpha value is -0.0500. The molecule has 0 bridgehead atoms. The van der Waals surface area contributed by atoms with Crippen molar-refractivity contribution in [2.75, 3.05) is 5.75 Å². The second-order valence-corrected chi connectivity index (χ2v) is 7.49. The van der Waals surface area contributed by atoms with Crippen molar-refractivity contribution in [3.8, 4) is 0 Å². The molecule has 1 aliphatic carbocycles. The van der Waals surface area contributed by atoms with E-state index >= 15 is 0 Å². The fraction of sp³-hybridized carbons (Fsp3) is 1.00. The van der Waals surface area contributed by atoms with E-state index in [1.54, 1.807) is 0 Å². The highest BCUT2D eigenvalue weighted by atomic mass is 32.2. The van der Waals surface area contributed by atoms with E-state index in [1.165, 1.54) is 12.8 Å². The lowest BCUT2D eigenvalue weighted by molar-refractivity contribution is 0.281. The normalized spacial score (nSPS) is 32.9. The Labute approximate surface area is 88.5 Å². The first-order valence-corrected chi connectivity index (χ1v) is 7.51. The highest BCUT2D eigenvalue weighted by Crippen LogP contribution is 2.33. The van der Waals surface area contributed by atoms with E-state index in [0.717, 1.165) is 24.7 Å². The molecule has 0 amide bonds. The van der Waals surface area contributed by atoms with Gasteiger partial charge < -0.3 is 0 Å². The van der Waals surface area contributed by atoms with Crippen LogP contribution in [0.2, 0.25) is 0 Å². The van der Waals surface area contributed by atoms with Gasteiger partial charge in [0.05, 0.1) is 0 Å². The topological polar surface area (TPSA) is 40.9 Å². The van der Waals surface area contributed by atoms with Crippen molar-refractivity contribution in [2.45, 2.75) is 51.7 Å². The van der Waals surface area contributed by atoms with Crippen LogP contribution >= 0.6 is 0 Å². The lowest BCUT2D eigenvalue weighted by atomic mass is 9.81. The van der Waals surface area contributed by atoms with Gasteiger partial charge in [0.1, 0.15) is 0 Å². The summed E-state index contributed by atoms with van der Waals surface area (Å²) < 4.78 is 19.6. The van der Waals surface area contributed by atoms with E-state index in [4.69, 9.17) is 4.78 Å². The molecule has 3 heteroatoms. The fourth-order valence-electron chi connectivity index (χ4n) is 2.37. The maximum Gasteiger partial charge on any atom is 0.0467 e. The summed E-state index contributed by atoms with van der Waals surface area (Å²) in [5.41, 5.74) is 0. The van der Waals surface area contributed by atoms with Crippen molar-refractivity contribution in [1.82, 2.24) is 0 Å². The molecule has 0 heterocycles. The van der Waals surface area contributed by atoms with Gasteiger partial charge in [0.25, 0.3) is 0 Å². The second kappa shape index (κ2) is 4.65. The van der Waals surface area contributed by atoms with Gasteiger partial charge in [-0.25, -0.2) is 4.21 Å². The van der Waals surface area contributed by atoms with Crippen molar-refractivity contribution in [1.29, 1.82) is 4.78 Å². The van der Waals surface area contributed by atoms with Crippen molar-refractivity contribution >= 4 is 9.73 Å². The van der Waals surface area contributed by atoms with Crippen LogP contribution in [0.15, 0.2) is 0 Å². The van der Waals surface area contributed by atoms with Crippen LogP contribution < -0.4 is 0 Å². The van der Waals surface area contributed by atoms with Gasteiger partial charge >= 0.3 is 0 Å². The molecule has 0 aromatic carbocycles. The molecule has 1 fully saturated rings. The quantitative estimate of drug-likeness (QED) is 0.774. The first-order chi connectivity index (χ1) is 6.47. The molecule has 14 heavy (non-hydrogen) atoms. The SMILES string of the molecule is CCS(=N)(=O)C1CCC(C(C)C)CC1. The lowest BCUT2D eigenvalue weighted by Crippen LogP contribution is -2.29. The summed E-state index contributed by atoms with van der Waals surface area (Å²) in [6.45, 7) is 6.41. The summed E-state index contributed by atoms with van der Waals surface area (Å²) in [6.07, 6.45) is 4.38. The molecular formula is C11H23NOS. The Morgan fingerprint density at radius 3 is 2.14 bits per heavy atom. The minimum atomic E-state index is -2.27. The summed E-state index contributed by atoms with van der Waals surface area (Å²) in [7, 11) is -2.27. The van der Waals surface area contributed by atoms with Crippen LogP contribution in [-0.2, 0) is 9.73 Å². The molecule has 1 aliphatic rings. The maximum absolute atomic E-state index is 11.9. The first kappa shape index (κ1) is 12.0. The lowest BCUT2D eigenvalue weighted by Gasteiger charge is -2.31. The third kappa shape index (κ3) is 2.72. The monoisotopic (exact) mass is 217 g/mol. The van der Waals surface area contributed by atoms with E-state index in [2.05, 4.69) is 13.8 Å². The summed E-state index contributed by atoms with van der Waals surface area (Å²) in [6, 6.07) is 0. The van der Waals surface area contributed by atoms with Gasteiger partial charge in [0.15, 0.2) is 0 Å². The van der Waals surface area contributed by atoms with Crippen LogP contribution in [0.1, 0.15) is 46.5 Å². The predicted molar refractivity (Wildman–Crippen MR) is 62.0 cm³/mol. The van der Waals surface area contributed by atoms with E-state index in [0.29, 0.717) is 5.75 Å². The molecule has 0 saturated heterocycles. The van der Waals surface area contributed by atoms with Gasteiger partial charge in [-0.3, -0.25) is 4.78 Å². The van der Waals surface area contributed by atoms with Crippen molar-refractivity contribution in [3.63, 3.8) is 0 Å². The van der Waals surface area contributed by atoms with Gasteiger partial charge in [0, 0.05) is 20.7 Å². The summed E-state index contributed by atoms with van der Waals surface area (Å²) in [5, 5.41) is 0.183. The Morgan fingerprint density at radius 2 is 1.79 bits per heavy atom. The molecule has 1 saturated carbocycles. The molecule has 1 N–H and O–H groups in total. The minimum Gasteiger partial charge on any atom is -0.253 e. The van der Waals surface area contributed by atoms with Gasteiger partial charge in [-0.15, -0.1) is 0 Å². The maximum atomic E-state index is 11.9. The van der Waals surface area contributed by atoms with Gasteiger partial charge in [-0.2, -0.15) is 0 Å². The molecule has 0 aromatic heterocycles. The van der Waals surface area contributed by atoms with Crippen LogP contribution in [0.5, 0.6) is 0 Å². The van der Waals surface area contributed by atoms with Gasteiger partial charge in [-0.05, 0) is 37.5 Å². The third-order valence-electron chi connectivity index (χ3n) is 3.63. The van der Waals surface area contributed by atoms with Crippen molar-refractivity contribution < 1.29 is 4.21 Å². The molecular weight excluding hydrogens is 194 g/mol. The zero-order valence-corrected chi connectivity index (χ0v) is 10.4. The number of hydrogen-bond donors (Lipinski definition) is 1.